The maximum Gasteiger partial charge on any atom is 0.163 e. The molecule has 0 saturated heterocycles. The van der Waals surface area contributed by atoms with Crippen LogP contribution in [0.1, 0.15) is 45.7 Å². The minimum Gasteiger partial charge on any atom is -0.491 e. The average molecular weight is 422 g/mol. The van der Waals surface area contributed by atoms with E-state index in [1.165, 1.54) is 0 Å². The Hall–Kier alpha value is -2.83. The number of ether oxygens (including phenoxy) is 2. The molecule has 0 spiro atoms. The number of fused-ring (bicyclic) bond motifs is 2. The summed E-state index contributed by atoms with van der Waals surface area (Å²) in [5.74, 6) is 1.53. The second-order valence-corrected chi connectivity index (χ2v) is 9.09. The van der Waals surface area contributed by atoms with Gasteiger partial charge in [-0.05, 0) is 30.9 Å². The smallest absolute Gasteiger partial charge is 0.163 e. The van der Waals surface area contributed by atoms with Crippen LogP contribution >= 0.6 is 11.8 Å². The predicted molar refractivity (Wildman–Crippen MR) is 120 cm³/mol. The van der Waals surface area contributed by atoms with Crippen LogP contribution in [0.3, 0.4) is 0 Å². The molecular weight excluding hydrogens is 394 g/mol. The summed E-state index contributed by atoms with van der Waals surface area (Å²) in [6, 6.07) is 12.6. The average Bonchev–Trinajstić information content (AvgIpc) is 2.73. The summed E-state index contributed by atoms with van der Waals surface area (Å²) in [5.41, 5.74) is 2.37. The zero-order valence-electron chi connectivity index (χ0n) is 18.2. The Morgan fingerprint density at radius 2 is 1.50 bits per heavy atom. The van der Waals surface area contributed by atoms with Gasteiger partial charge in [-0.25, -0.2) is 0 Å². The van der Waals surface area contributed by atoms with Crippen LogP contribution in [0.2, 0.25) is 0 Å². The maximum absolute atomic E-state index is 9.99. The van der Waals surface area contributed by atoms with Crippen molar-refractivity contribution in [3.63, 3.8) is 0 Å². The van der Waals surface area contributed by atoms with E-state index in [1.54, 1.807) is 11.8 Å². The highest BCUT2D eigenvalue weighted by molar-refractivity contribution is 7.99. The lowest BCUT2D eigenvalue weighted by molar-refractivity contribution is 0.258. The molecule has 0 unspecified atom stereocenters. The molecule has 5 nitrogen and oxygen atoms in total. The Labute approximate surface area is 183 Å². The monoisotopic (exact) mass is 421 g/mol. The van der Waals surface area contributed by atoms with E-state index in [0.717, 1.165) is 21.2 Å². The van der Waals surface area contributed by atoms with Gasteiger partial charge in [-0.3, -0.25) is 0 Å². The maximum atomic E-state index is 9.99. The van der Waals surface area contributed by atoms with Crippen molar-refractivity contribution in [1.29, 1.82) is 10.5 Å². The van der Waals surface area contributed by atoms with Gasteiger partial charge in [-0.2, -0.15) is 10.5 Å². The topological polar surface area (TPSA) is 69.3 Å². The zero-order valence-corrected chi connectivity index (χ0v) is 19.0. The first-order valence-corrected chi connectivity index (χ1v) is 11.1. The molecule has 1 aliphatic heterocycles. The van der Waals surface area contributed by atoms with Gasteiger partial charge < -0.3 is 14.4 Å². The second-order valence-electron chi connectivity index (χ2n) is 8.03. The number of nitrogens with zero attached hydrogens (tertiary/aromatic N) is 3. The molecule has 0 atom stereocenters. The number of anilines is 2. The van der Waals surface area contributed by atoms with E-state index in [1.807, 2.05) is 12.1 Å². The molecule has 30 heavy (non-hydrogen) atoms. The summed E-state index contributed by atoms with van der Waals surface area (Å²) in [6.07, 6.45) is 0. The second kappa shape index (κ2) is 9.32. The van der Waals surface area contributed by atoms with E-state index in [4.69, 9.17) is 9.47 Å². The lowest BCUT2D eigenvalue weighted by atomic mass is 10.0. The van der Waals surface area contributed by atoms with Crippen LogP contribution in [-0.4, -0.2) is 19.8 Å². The molecular formula is C24H27N3O2S. The number of hydrogen-bond donors (Lipinski definition) is 0. The molecule has 0 amide bonds. The van der Waals surface area contributed by atoms with E-state index in [9.17, 15) is 10.5 Å². The first kappa shape index (κ1) is 21.9. The van der Waals surface area contributed by atoms with Crippen molar-refractivity contribution in [3.05, 3.63) is 35.4 Å². The molecule has 2 aromatic rings. The van der Waals surface area contributed by atoms with Crippen LogP contribution in [-0.2, 0) is 0 Å². The van der Waals surface area contributed by atoms with Crippen molar-refractivity contribution in [3.8, 4) is 23.6 Å². The summed E-state index contributed by atoms with van der Waals surface area (Å²) in [4.78, 5) is 4.08. The lowest BCUT2D eigenvalue weighted by Gasteiger charge is -2.35. The minimum atomic E-state index is 0.245. The third kappa shape index (κ3) is 4.06. The van der Waals surface area contributed by atoms with Gasteiger partial charge in [0.2, 0.25) is 0 Å². The fourth-order valence-corrected chi connectivity index (χ4v) is 4.53. The van der Waals surface area contributed by atoms with E-state index < -0.39 is 0 Å². The normalized spacial score (nSPS) is 12.2. The summed E-state index contributed by atoms with van der Waals surface area (Å²) < 4.78 is 12.3. The standard InChI is InChI=1S/C24H27N3O2S/c1-6-27-19-9-7-8-10-20(19)30-24-21(27)22(28-13-15(2)3)17(11-25)18(12-26)23(24)29-14-16(4)5/h7-10,15-16H,6,13-14H2,1-5H3. The number of nitriles is 2. The molecule has 0 aromatic heterocycles. The minimum absolute atomic E-state index is 0.245. The third-order valence-corrected chi connectivity index (χ3v) is 5.79. The number of benzene rings is 2. The van der Waals surface area contributed by atoms with E-state index in [0.29, 0.717) is 31.3 Å². The van der Waals surface area contributed by atoms with Crippen molar-refractivity contribution >= 4 is 23.1 Å². The van der Waals surface area contributed by atoms with Crippen LogP contribution in [0.15, 0.2) is 34.1 Å². The van der Waals surface area contributed by atoms with Crippen molar-refractivity contribution < 1.29 is 9.47 Å². The molecule has 0 fully saturated rings. The molecule has 0 bridgehead atoms. The molecule has 0 radical (unpaired) electrons. The molecule has 1 aliphatic rings. The highest BCUT2D eigenvalue weighted by Crippen LogP contribution is 2.57. The number of hydrogen-bond acceptors (Lipinski definition) is 6. The molecule has 0 N–H and O–H groups in total. The third-order valence-electron chi connectivity index (χ3n) is 4.64. The van der Waals surface area contributed by atoms with Gasteiger partial charge in [0.25, 0.3) is 0 Å². The SMILES string of the molecule is CCN1c2ccccc2Sc2c(OCC(C)C)c(C#N)c(C#N)c(OCC(C)C)c21. The van der Waals surface area contributed by atoms with Crippen LogP contribution < -0.4 is 14.4 Å². The van der Waals surface area contributed by atoms with Gasteiger partial charge in [-0.15, -0.1) is 0 Å². The van der Waals surface area contributed by atoms with E-state index >= 15 is 0 Å². The lowest BCUT2D eigenvalue weighted by Crippen LogP contribution is -2.23. The molecule has 156 valence electrons. The molecule has 1 heterocycles. The van der Waals surface area contributed by atoms with Crippen molar-refractivity contribution in [2.24, 2.45) is 11.8 Å². The Morgan fingerprint density at radius 1 is 0.933 bits per heavy atom. The zero-order chi connectivity index (χ0) is 21.8. The van der Waals surface area contributed by atoms with Gasteiger partial charge >= 0.3 is 0 Å². The first-order valence-electron chi connectivity index (χ1n) is 10.3. The van der Waals surface area contributed by atoms with Crippen molar-refractivity contribution in [2.75, 3.05) is 24.7 Å². The molecule has 2 aromatic carbocycles. The van der Waals surface area contributed by atoms with Crippen LogP contribution in [0.25, 0.3) is 0 Å². The quantitative estimate of drug-likeness (QED) is 0.536. The number of para-hydroxylation sites is 1. The Kier molecular flexibility index (Phi) is 6.80. The van der Waals surface area contributed by atoms with E-state index in [2.05, 4.69) is 63.8 Å². The highest BCUT2D eigenvalue weighted by Gasteiger charge is 2.34. The fourth-order valence-electron chi connectivity index (χ4n) is 3.33. The molecule has 0 saturated carbocycles. The van der Waals surface area contributed by atoms with E-state index in [-0.39, 0.29) is 23.0 Å². The largest absolute Gasteiger partial charge is 0.491 e. The fraction of sp³-hybridized carbons (Fsp3) is 0.417. The van der Waals surface area contributed by atoms with Crippen LogP contribution in [0.5, 0.6) is 11.5 Å². The molecule has 0 aliphatic carbocycles. The van der Waals surface area contributed by atoms with Crippen molar-refractivity contribution in [1.82, 2.24) is 0 Å². The van der Waals surface area contributed by atoms with Gasteiger partial charge in [0.05, 0.1) is 23.8 Å². The summed E-state index contributed by atoms with van der Waals surface area (Å²) in [7, 11) is 0. The molecule has 6 heteroatoms. The highest BCUT2D eigenvalue weighted by atomic mass is 32.2. The van der Waals surface area contributed by atoms with Gasteiger partial charge in [0.15, 0.2) is 11.5 Å². The van der Waals surface area contributed by atoms with Crippen LogP contribution in [0.4, 0.5) is 11.4 Å². The van der Waals surface area contributed by atoms with Crippen LogP contribution in [0, 0.1) is 34.5 Å². The summed E-state index contributed by atoms with van der Waals surface area (Å²) >= 11 is 1.57. The summed E-state index contributed by atoms with van der Waals surface area (Å²) in [6.45, 7) is 11.9. The summed E-state index contributed by atoms with van der Waals surface area (Å²) in [5, 5.41) is 19.9. The first-order chi connectivity index (χ1) is 14.4. The number of rotatable bonds is 7. The van der Waals surface area contributed by atoms with Gasteiger partial charge in [0.1, 0.15) is 29.0 Å². The van der Waals surface area contributed by atoms with Gasteiger partial charge in [0, 0.05) is 11.4 Å². The van der Waals surface area contributed by atoms with Gasteiger partial charge in [-0.1, -0.05) is 51.6 Å². The Balaban J connectivity index is 2.33. The predicted octanol–water partition coefficient (Wildman–Crippen LogP) is 6.12. The Morgan fingerprint density at radius 3 is 2.07 bits per heavy atom. The molecule has 3 rings (SSSR count). The van der Waals surface area contributed by atoms with Crippen molar-refractivity contribution in [2.45, 2.75) is 44.4 Å². The Bertz CT molecular complexity index is 1020.